The molecule has 2 aromatic rings. The van der Waals surface area contributed by atoms with Crippen molar-refractivity contribution in [2.45, 2.75) is 6.92 Å². The standard InChI is InChI=1S/C14H15N3O/c1-2-16-14(18)11-5-3-4-10(8-11)12-6-7-13(15)17-9-12/h3-9H,2H2,1H3,(H2,15,17)(H,16,18). The number of benzene rings is 1. The van der Waals surface area contributed by atoms with Gasteiger partial charge in [0.1, 0.15) is 5.82 Å². The third-order valence-corrected chi connectivity index (χ3v) is 2.58. The molecule has 0 saturated carbocycles. The Morgan fingerprint density at radius 3 is 2.78 bits per heavy atom. The average Bonchev–Trinajstić information content (AvgIpc) is 2.40. The van der Waals surface area contributed by atoms with Gasteiger partial charge in [0.25, 0.3) is 5.91 Å². The molecule has 3 N–H and O–H groups in total. The Morgan fingerprint density at radius 1 is 1.28 bits per heavy atom. The molecule has 0 radical (unpaired) electrons. The molecule has 4 nitrogen and oxygen atoms in total. The first-order valence-corrected chi connectivity index (χ1v) is 5.81. The van der Waals surface area contributed by atoms with Crippen LogP contribution >= 0.6 is 0 Å². The summed E-state index contributed by atoms with van der Waals surface area (Å²) in [6.45, 7) is 2.51. The molecule has 0 spiro atoms. The second-order valence-corrected chi connectivity index (χ2v) is 3.91. The van der Waals surface area contributed by atoms with E-state index in [1.54, 1.807) is 18.3 Å². The Kier molecular flexibility index (Phi) is 3.57. The summed E-state index contributed by atoms with van der Waals surface area (Å²) in [6, 6.07) is 11.1. The first-order chi connectivity index (χ1) is 8.70. The number of hydrogen-bond donors (Lipinski definition) is 2. The Hall–Kier alpha value is -2.36. The van der Waals surface area contributed by atoms with Crippen LogP contribution in [0.3, 0.4) is 0 Å². The fourth-order valence-electron chi connectivity index (χ4n) is 1.68. The fourth-order valence-corrected chi connectivity index (χ4v) is 1.68. The van der Waals surface area contributed by atoms with Crippen molar-refractivity contribution in [2.24, 2.45) is 0 Å². The fraction of sp³-hybridized carbons (Fsp3) is 0.143. The smallest absolute Gasteiger partial charge is 0.251 e. The van der Waals surface area contributed by atoms with Crippen LogP contribution in [0.4, 0.5) is 5.82 Å². The summed E-state index contributed by atoms with van der Waals surface area (Å²) in [5.74, 6) is 0.418. The first-order valence-electron chi connectivity index (χ1n) is 5.81. The van der Waals surface area contributed by atoms with Crippen LogP contribution in [0, 0.1) is 0 Å². The number of carbonyl (C=O) groups is 1. The predicted octanol–water partition coefficient (Wildman–Crippen LogP) is 2.08. The van der Waals surface area contributed by atoms with Crippen molar-refractivity contribution < 1.29 is 4.79 Å². The van der Waals surface area contributed by atoms with E-state index in [0.29, 0.717) is 17.9 Å². The van der Waals surface area contributed by atoms with Gasteiger partial charge in [0.05, 0.1) is 0 Å². The largest absolute Gasteiger partial charge is 0.384 e. The maximum atomic E-state index is 11.7. The van der Waals surface area contributed by atoms with E-state index in [9.17, 15) is 4.79 Å². The molecular weight excluding hydrogens is 226 g/mol. The molecule has 0 aliphatic heterocycles. The number of rotatable bonds is 3. The quantitative estimate of drug-likeness (QED) is 0.864. The first kappa shape index (κ1) is 12.1. The summed E-state index contributed by atoms with van der Waals surface area (Å²) in [6.07, 6.45) is 1.70. The average molecular weight is 241 g/mol. The van der Waals surface area contributed by atoms with Gasteiger partial charge in [-0.1, -0.05) is 12.1 Å². The molecule has 0 aliphatic carbocycles. The normalized spacial score (nSPS) is 10.1. The van der Waals surface area contributed by atoms with E-state index in [1.165, 1.54) is 0 Å². The molecule has 1 amide bonds. The van der Waals surface area contributed by atoms with Crippen molar-refractivity contribution in [1.82, 2.24) is 10.3 Å². The lowest BCUT2D eigenvalue weighted by atomic mass is 10.0. The molecule has 1 aromatic carbocycles. The highest BCUT2D eigenvalue weighted by molar-refractivity contribution is 5.95. The van der Waals surface area contributed by atoms with Crippen LogP contribution in [0.2, 0.25) is 0 Å². The van der Waals surface area contributed by atoms with Crippen LogP contribution in [0.1, 0.15) is 17.3 Å². The monoisotopic (exact) mass is 241 g/mol. The van der Waals surface area contributed by atoms with Crippen molar-refractivity contribution in [2.75, 3.05) is 12.3 Å². The Bertz CT molecular complexity index is 549. The lowest BCUT2D eigenvalue weighted by Crippen LogP contribution is -2.22. The lowest BCUT2D eigenvalue weighted by Gasteiger charge is -2.05. The van der Waals surface area contributed by atoms with E-state index in [-0.39, 0.29) is 5.91 Å². The Labute approximate surface area is 106 Å². The van der Waals surface area contributed by atoms with Crippen molar-refractivity contribution in [1.29, 1.82) is 0 Å². The minimum absolute atomic E-state index is 0.0669. The topological polar surface area (TPSA) is 68.0 Å². The van der Waals surface area contributed by atoms with Crippen molar-refractivity contribution in [3.8, 4) is 11.1 Å². The highest BCUT2D eigenvalue weighted by atomic mass is 16.1. The number of pyridine rings is 1. The van der Waals surface area contributed by atoms with E-state index in [2.05, 4.69) is 10.3 Å². The molecule has 0 fully saturated rings. The minimum Gasteiger partial charge on any atom is -0.384 e. The second-order valence-electron chi connectivity index (χ2n) is 3.91. The third-order valence-electron chi connectivity index (χ3n) is 2.58. The molecule has 0 saturated heterocycles. The number of amides is 1. The van der Waals surface area contributed by atoms with E-state index in [0.717, 1.165) is 11.1 Å². The third kappa shape index (κ3) is 2.66. The highest BCUT2D eigenvalue weighted by Crippen LogP contribution is 2.20. The van der Waals surface area contributed by atoms with Crippen LogP contribution in [0.5, 0.6) is 0 Å². The number of nitrogens with two attached hydrogens (primary N) is 1. The lowest BCUT2D eigenvalue weighted by molar-refractivity contribution is 0.0956. The van der Waals surface area contributed by atoms with Gasteiger partial charge in [0.2, 0.25) is 0 Å². The van der Waals surface area contributed by atoms with E-state index >= 15 is 0 Å². The van der Waals surface area contributed by atoms with Gasteiger partial charge in [-0.15, -0.1) is 0 Å². The summed E-state index contributed by atoms with van der Waals surface area (Å²) >= 11 is 0. The number of nitrogens with zero attached hydrogens (tertiary/aromatic N) is 1. The van der Waals surface area contributed by atoms with Crippen LogP contribution in [-0.4, -0.2) is 17.4 Å². The Balaban J connectivity index is 2.32. The molecule has 0 aliphatic rings. The molecule has 2 rings (SSSR count). The molecule has 1 heterocycles. The minimum atomic E-state index is -0.0669. The number of aromatic nitrogens is 1. The maximum absolute atomic E-state index is 11.7. The molecule has 4 heteroatoms. The number of anilines is 1. The number of hydrogen-bond acceptors (Lipinski definition) is 3. The number of nitrogens with one attached hydrogen (secondary N) is 1. The SMILES string of the molecule is CCNC(=O)c1cccc(-c2ccc(N)nc2)c1. The van der Waals surface area contributed by atoms with Crippen LogP contribution in [0.25, 0.3) is 11.1 Å². The zero-order valence-electron chi connectivity index (χ0n) is 10.2. The van der Waals surface area contributed by atoms with Crippen molar-refractivity contribution >= 4 is 11.7 Å². The van der Waals surface area contributed by atoms with Gasteiger partial charge in [0.15, 0.2) is 0 Å². The molecule has 1 aromatic heterocycles. The summed E-state index contributed by atoms with van der Waals surface area (Å²) in [7, 11) is 0. The van der Waals surface area contributed by atoms with Crippen molar-refractivity contribution in [3.05, 3.63) is 48.2 Å². The molecule has 92 valence electrons. The predicted molar refractivity (Wildman–Crippen MR) is 72.1 cm³/mol. The van der Waals surface area contributed by atoms with E-state index in [1.807, 2.05) is 31.2 Å². The summed E-state index contributed by atoms with van der Waals surface area (Å²) in [4.78, 5) is 15.8. The molecule has 18 heavy (non-hydrogen) atoms. The number of carbonyl (C=O) groups excluding carboxylic acids is 1. The molecular formula is C14H15N3O. The van der Waals surface area contributed by atoms with E-state index < -0.39 is 0 Å². The van der Waals surface area contributed by atoms with Gasteiger partial charge in [-0.05, 0) is 36.8 Å². The zero-order valence-corrected chi connectivity index (χ0v) is 10.2. The van der Waals surface area contributed by atoms with Gasteiger partial charge in [-0.25, -0.2) is 4.98 Å². The zero-order chi connectivity index (χ0) is 13.0. The molecule has 0 unspecified atom stereocenters. The molecule has 0 atom stereocenters. The van der Waals surface area contributed by atoms with Crippen LogP contribution < -0.4 is 11.1 Å². The van der Waals surface area contributed by atoms with Gasteiger partial charge < -0.3 is 11.1 Å². The van der Waals surface area contributed by atoms with Crippen LogP contribution in [0.15, 0.2) is 42.6 Å². The van der Waals surface area contributed by atoms with Gasteiger partial charge >= 0.3 is 0 Å². The van der Waals surface area contributed by atoms with E-state index in [4.69, 9.17) is 5.73 Å². The summed E-state index contributed by atoms with van der Waals surface area (Å²) < 4.78 is 0. The van der Waals surface area contributed by atoms with Crippen LogP contribution in [-0.2, 0) is 0 Å². The second kappa shape index (κ2) is 5.31. The number of nitrogen functional groups attached to an aromatic ring is 1. The van der Waals surface area contributed by atoms with Crippen molar-refractivity contribution in [3.63, 3.8) is 0 Å². The summed E-state index contributed by atoms with van der Waals surface area (Å²) in [5.41, 5.74) is 8.08. The van der Waals surface area contributed by atoms with Gasteiger partial charge in [-0.3, -0.25) is 4.79 Å². The van der Waals surface area contributed by atoms with Gasteiger partial charge in [-0.2, -0.15) is 0 Å². The van der Waals surface area contributed by atoms with Gasteiger partial charge in [0, 0.05) is 23.9 Å². The maximum Gasteiger partial charge on any atom is 0.251 e. The highest BCUT2D eigenvalue weighted by Gasteiger charge is 2.05. The molecule has 0 bridgehead atoms. The Morgan fingerprint density at radius 2 is 2.11 bits per heavy atom. The summed E-state index contributed by atoms with van der Waals surface area (Å²) in [5, 5.41) is 2.78.